The van der Waals surface area contributed by atoms with Gasteiger partial charge in [-0.3, -0.25) is 0 Å². The molecule has 3 N–H and O–H groups in total. The molecule has 0 aliphatic heterocycles. The zero-order valence-electron chi connectivity index (χ0n) is 13.7. The van der Waals surface area contributed by atoms with Gasteiger partial charge in [-0.1, -0.05) is 36.4 Å². The summed E-state index contributed by atoms with van der Waals surface area (Å²) in [6.45, 7) is 1.95. The Kier molecular flexibility index (Phi) is 2.99. The Morgan fingerprint density at radius 1 is 0.923 bits per heavy atom. The van der Waals surface area contributed by atoms with Crippen LogP contribution in [0.4, 0.5) is 11.6 Å². The molecule has 0 saturated carbocycles. The normalized spacial score (nSPS) is 12.0. The van der Waals surface area contributed by atoms with Crippen LogP contribution in [0.1, 0.15) is 5.56 Å². The standard InChI is InChI=1S/C18H13N7O/c1-9-5-4-7-11-13(9)20-17(26)15(11)23-25-18-21-16-14(22-24-18)10-6-2-3-8-12(10)19-16/h2-8,20,26H,1H3,(H,19,21,24). The number of fused-ring (bicyclic) bond motifs is 4. The lowest BCUT2D eigenvalue weighted by atomic mass is 10.1. The molecule has 126 valence electrons. The van der Waals surface area contributed by atoms with Gasteiger partial charge in [0, 0.05) is 16.3 Å². The van der Waals surface area contributed by atoms with Gasteiger partial charge in [0.05, 0.1) is 5.52 Å². The molecule has 0 fully saturated rings. The molecular formula is C18H13N7O. The summed E-state index contributed by atoms with van der Waals surface area (Å²) in [5.74, 6) is 0.0724. The second-order valence-corrected chi connectivity index (χ2v) is 6.00. The van der Waals surface area contributed by atoms with Crippen LogP contribution in [0.3, 0.4) is 0 Å². The molecule has 26 heavy (non-hydrogen) atoms. The molecule has 0 amide bonds. The van der Waals surface area contributed by atoms with E-state index in [0.717, 1.165) is 27.4 Å². The molecule has 8 heteroatoms. The lowest BCUT2D eigenvalue weighted by Crippen LogP contribution is -1.86. The molecule has 0 spiro atoms. The summed E-state index contributed by atoms with van der Waals surface area (Å²) in [5, 5.41) is 28.3. The molecule has 0 aliphatic carbocycles. The average Bonchev–Trinajstić information content (AvgIpc) is 3.17. The van der Waals surface area contributed by atoms with Gasteiger partial charge < -0.3 is 15.1 Å². The van der Waals surface area contributed by atoms with E-state index in [0.29, 0.717) is 16.9 Å². The van der Waals surface area contributed by atoms with E-state index < -0.39 is 0 Å². The molecule has 5 aromatic rings. The molecule has 8 nitrogen and oxygen atoms in total. The molecular weight excluding hydrogens is 330 g/mol. The largest absolute Gasteiger partial charge is 0.493 e. The molecule has 0 bridgehead atoms. The Hall–Kier alpha value is -3.81. The highest BCUT2D eigenvalue weighted by atomic mass is 16.3. The number of nitrogens with one attached hydrogen (secondary N) is 2. The fourth-order valence-electron chi connectivity index (χ4n) is 3.09. The molecule has 2 aromatic carbocycles. The van der Waals surface area contributed by atoms with Gasteiger partial charge in [-0.15, -0.1) is 20.4 Å². The first kappa shape index (κ1) is 14.5. The number of aromatic amines is 2. The highest BCUT2D eigenvalue weighted by Crippen LogP contribution is 2.37. The number of aromatic nitrogens is 5. The Morgan fingerprint density at radius 3 is 2.69 bits per heavy atom. The summed E-state index contributed by atoms with van der Waals surface area (Å²) in [6.07, 6.45) is 0. The third-order valence-corrected chi connectivity index (χ3v) is 4.35. The van der Waals surface area contributed by atoms with Crippen LogP contribution in [-0.4, -0.2) is 30.3 Å². The third kappa shape index (κ3) is 2.12. The van der Waals surface area contributed by atoms with Crippen LogP contribution in [-0.2, 0) is 0 Å². The van der Waals surface area contributed by atoms with Crippen molar-refractivity contribution in [2.45, 2.75) is 6.92 Å². The Bertz CT molecular complexity index is 1320. The zero-order chi connectivity index (χ0) is 17.7. The lowest BCUT2D eigenvalue weighted by molar-refractivity contribution is 0.459. The van der Waals surface area contributed by atoms with Crippen LogP contribution >= 0.6 is 0 Å². The summed E-state index contributed by atoms with van der Waals surface area (Å²) in [5.41, 5.74) is 4.40. The highest BCUT2D eigenvalue weighted by Gasteiger charge is 2.12. The van der Waals surface area contributed by atoms with E-state index in [-0.39, 0.29) is 11.8 Å². The van der Waals surface area contributed by atoms with Gasteiger partial charge in [-0.25, -0.2) is 0 Å². The highest BCUT2D eigenvalue weighted by molar-refractivity contribution is 6.03. The maximum absolute atomic E-state index is 10.1. The number of azo groups is 1. The van der Waals surface area contributed by atoms with Crippen molar-refractivity contribution in [3.8, 4) is 5.88 Å². The topological polar surface area (TPSA) is 115 Å². The van der Waals surface area contributed by atoms with Gasteiger partial charge in [-0.2, -0.15) is 4.98 Å². The molecule has 3 heterocycles. The second kappa shape index (κ2) is 5.35. The fraction of sp³-hybridized carbons (Fsp3) is 0.0556. The summed E-state index contributed by atoms with van der Waals surface area (Å²) in [4.78, 5) is 10.5. The van der Waals surface area contributed by atoms with E-state index in [4.69, 9.17) is 0 Å². The fourth-order valence-corrected chi connectivity index (χ4v) is 3.09. The minimum absolute atomic E-state index is 0.0438. The number of aryl methyl sites for hydroxylation is 1. The smallest absolute Gasteiger partial charge is 0.289 e. The number of benzene rings is 2. The van der Waals surface area contributed by atoms with E-state index in [1.54, 1.807) is 0 Å². The molecule has 0 aliphatic rings. The van der Waals surface area contributed by atoms with Crippen molar-refractivity contribution in [3.63, 3.8) is 0 Å². The van der Waals surface area contributed by atoms with Crippen LogP contribution in [0.15, 0.2) is 52.7 Å². The van der Waals surface area contributed by atoms with Crippen molar-refractivity contribution in [2.75, 3.05) is 0 Å². The first-order chi connectivity index (χ1) is 12.7. The van der Waals surface area contributed by atoms with Gasteiger partial charge in [0.15, 0.2) is 11.3 Å². The van der Waals surface area contributed by atoms with Crippen molar-refractivity contribution < 1.29 is 5.11 Å². The van der Waals surface area contributed by atoms with E-state index in [2.05, 4.69) is 35.4 Å². The summed E-state index contributed by atoms with van der Waals surface area (Å²) < 4.78 is 0. The zero-order valence-corrected chi connectivity index (χ0v) is 13.7. The average molecular weight is 343 g/mol. The van der Waals surface area contributed by atoms with Crippen LogP contribution in [0.25, 0.3) is 33.0 Å². The molecule has 3 aromatic heterocycles. The first-order valence-corrected chi connectivity index (χ1v) is 8.04. The molecule has 0 saturated heterocycles. The number of hydrogen-bond acceptors (Lipinski definition) is 6. The summed E-state index contributed by atoms with van der Waals surface area (Å²) in [6, 6.07) is 13.5. The van der Waals surface area contributed by atoms with E-state index in [1.165, 1.54) is 0 Å². The van der Waals surface area contributed by atoms with E-state index in [1.807, 2.05) is 49.4 Å². The van der Waals surface area contributed by atoms with E-state index >= 15 is 0 Å². The Labute approximate surface area is 146 Å². The number of nitrogens with zero attached hydrogens (tertiary/aromatic N) is 5. The Balaban J connectivity index is 1.60. The maximum Gasteiger partial charge on any atom is 0.289 e. The van der Waals surface area contributed by atoms with Crippen LogP contribution in [0.5, 0.6) is 5.88 Å². The monoisotopic (exact) mass is 343 g/mol. The van der Waals surface area contributed by atoms with Gasteiger partial charge in [0.2, 0.25) is 5.88 Å². The van der Waals surface area contributed by atoms with Gasteiger partial charge >= 0.3 is 0 Å². The molecule has 0 unspecified atom stereocenters. The SMILES string of the molecule is Cc1cccc2c(N=Nc3nnc4c(n3)[nH]c3ccccc34)c(O)[nH]c12. The van der Waals surface area contributed by atoms with Crippen LogP contribution in [0, 0.1) is 6.92 Å². The Morgan fingerprint density at radius 2 is 1.77 bits per heavy atom. The maximum atomic E-state index is 10.1. The minimum atomic E-state index is -0.0438. The van der Waals surface area contributed by atoms with E-state index in [9.17, 15) is 5.11 Å². The number of rotatable bonds is 2. The van der Waals surface area contributed by atoms with Crippen molar-refractivity contribution in [2.24, 2.45) is 10.2 Å². The van der Waals surface area contributed by atoms with Gasteiger partial charge in [0.1, 0.15) is 5.52 Å². The second-order valence-electron chi connectivity index (χ2n) is 6.00. The third-order valence-electron chi connectivity index (χ3n) is 4.35. The molecule has 0 atom stereocenters. The number of aromatic hydroxyl groups is 1. The van der Waals surface area contributed by atoms with Gasteiger partial charge in [0.25, 0.3) is 5.95 Å². The minimum Gasteiger partial charge on any atom is -0.493 e. The van der Waals surface area contributed by atoms with Crippen molar-refractivity contribution in [1.29, 1.82) is 0 Å². The quantitative estimate of drug-likeness (QED) is 0.411. The van der Waals surface area contributed by atoms with Crippen molar-refractivity contribution in [1.82, 2.24) is 25.1 Å². The lowest BCUT2D eigenvalue weighted by Gasteiger charge is -1.94. The predicted molar refractivity (Wildman–Crippen MR) is 98.1 cm³/mol. The number of H-pyrrole nitrogens is 2. The molecule has 0 radical (unpaired) electrons. The predicted octanol–water partition coefficient (Wildman–Crippen LogP) is 4.42. The number of hydrogen-bond donors (Lipinski definition) is 3. The van der Waals surface area contributed by atoms with Crippen LogP contribution in [0.2, 0.25) is 0 Å². The van der Waals surface area contributed by atoms with Crippen molar-refractivity contribution in [3.05, 3.63) is 48.0 Å². The number of para-hydroxylation sites is 2. The molecule has 5 rings (SSSR count). The first-order valence-electron chi connectivity index (χ1n) is 8.04. The van der Waals surface area contributed by atoms with Crippen LogP contribution < -0.4 is 0 Å². The summed E-state index contributed by atoms with van der Waals surface area (Å²) >= 11 is 0. The summed E-state index contributed by atoms with van der Waals surface area (Å²) in [7, 11) is 0. The van der Waals surface area contributed by atoms with Crippen molar-refractivity contribution >= 4 is 44.6 Å². The van der Waals surface area contributed by atoms with Gasteiger partial charge in [-0.05, 0) is 18.6 Å².